The molecule has 2 aromatic heterocycles. The number of nitrogens with zero attached hydrogens (tertiary/aromatic N) is 6. The van der Waals surface area contributed by atoms with E-state index in [0.29, 0.717) is 5.69 Å². The van der Waals surface area contributed by atoms with Crippen LogP contribution >= 0.6 is 0 Å². The zero-order chi connectivity index (χ0) is 19.7. The van der Waals surface area contributed by atoms with Crippen molar-refractivity contribution in [2.75, 3.05) is 19.6 Å². The van der Waals surface area contributed by atoms with Crippen LogP contribution in [0.4, 0.5) is 4.39 Å². The van der Waals surface area contributed by atoms with Gasteiger partial charge in [0.25, 0.3) is 11.8 Å². The van der Waals surface area contributed by atoms with Crippen LogP contribution in [0.1, 0.15) is 45.9 Å². The van der Waals surface area contributed by atoms with Gasteiger partial charge < -0.3 is 9.80 Å². The van der Waals surface area contributed by atoms with Gasteiger partial charge in [-0.25, -0.2) is 14.1 Å². The van der Waals surface area contributed by atoms with Crippen molar-refractivity contribution in [3.63, 3.8) is 0 Å². The summed E-state index contributed by atoms with van der Waals surface area (Å²) in [7, 11) is 0. The van der Waals surface area contributed by atoms with Crippen LogP contribution in [0.15, 0.2) is 24.4 Å². The molecular weight excluding hydrogens is 363 g/mol. The highest BCUT2D eigenvalue weighted by Gasteiger charge is 2.37. The number of halogens is 1. The van der Waals surface area contributed by atoms with Gasteiger partial charge in [0.15, 0.2) is 5.69 Å². The number of pyridine rings is 1. The van der Waals surface area contributed by atoms with Gasteiger partial charge in [0.1, 0.15) is 11.9 Å². The van der Waals surface area contributed by atoms with Crippen LogP contribution in [0, 0.1) is 6.92 Å². The van der Waals surface area contributed by atoms with E-state index in [9.17, 15) is 14.0 Å². The number of rotatable bonds is 4. The van der Waals surface area contributed by atoms with E-state index in [1.54, 1.807) is 23.2 Å². The molecule has 0 radical (unpaired) electrons. The van der Waals surface area contributed by atoms with E-state index in [4.69, 9.17) is 0 Å². The number of aromatic nitrogens is 4. The molecule has 4 heterocycles. The lowest BCUT2D eigenvalue weighted by Gasteiger charge is -2.23. The first-order valence-electron chi connectivity index (χ1n) is 9.59. The van der Waals surface area contributed by atoms with E-state index in [2.05, 4.69) is 15.3 Å². The quantitative estimate of drug-likeness (QED) is 0.795. The molecule has 2 aromatic rings. The number of amides is 2. The van der Waals surface area contributed by atoms with Crippen LogP contribution in [0.25, 0.3) is 0 Å². The van der Waals surface area contributed by atoms with Crippen molar-refractivity contribution in [2.45, 2.75) is 44.9 Å². The predicted molar refractivity (Wildman–Crippen MR) is 98.5 cm³/mol. The molecule has 2 fully saturated rings. The van der Waals surface area contributed by atoms with E-state index < -0.39 is 6.17 Å². The molecule has 2 aliphatic rings. The molecule has 2 saturated heterocycles. The molecule has 28 heavy (non-hydrogen) atoms. The summed E-state index contributed by atoms with van der Waals surface area (Å²) in [4.78, 5) is 32.8. The molecule has 0 aliphatic carbocycles. The number of carbonyl (C=O) groups is 2. The van der Waals surface area contributed by atoms with Crippen molar-refractivity contribution >= 4 is 11.8 Å². The predicted octanol–water partition coefficient (Wildman–Crippen LogP) is 1.47. The van der Waals surface area contributed by atoms with Gasteiger partial charge in [0.2, 0.25) is 0 Å². The van der Waals surface area contributed by atoms with Gasteiger partial charge in [-0.2, -0.15) is 0 Å². The fraction of sp³-hybridized carbons (Fsp3) is 0.526. The van der Waals surface area contributed by atoms with Crippen molar-refractivity contribution in [3.05, 3.63) is 41.5 Å². The smallest absolute Gasteiger partial charge is 0.276 e. The molecule has 0 N–H and O–H groups in total. The Hall–Kier alpha value is -2.84. The summed E-state index contributed by atoms with van der Waals surface area (Å²) in [5.74, 6) is -0.419. The Balaban J connectivity index is 1.47. The van der Waals surface area contributed by atoms with E-state index in [1.165, 1.54) is 9.58 Å². The Morgan fingerprint density at radius 1 is 1.18 bits per heavy atom. The van der Waals surface area contributed by atoms with Crippen molar-refractivity contribution in [3.8, 4) is 0 Å². The van der Waals surface area contributed by atoms with E-state index in [0.717, 1.165) is 31.6 Å². The van der Waals surface area contributed by atoms with E-state index in [-0.39, 0.29) is 43.1 Å². The molecule has 2 atom stereocenters. The summed E-state index contributed by atoms with van der Waals surface area (Å²) in [5.41, 5.74) is 1.33. The van der Waals surface area contributed by atoms with Crippen LogP contribution < -0.4 is 0 Å². The third kappa shape index (κ3) is 3.74. The lowest BCUT2D eigenvalue weighted by atomic mass is 10.2. The van der Waals surface area contributed by atoms with Gasteiger partial charge in [-0.15, -0.1) is 5.10 Å². The SMILES string of the molecule is Cc1cccc(C(=O)N2CC(F)CC2Cn2cc(C(=O)N3CCCC3)nn2)n1. The lowest BCUT2D eigenvalue weighted by molar-refractivity contribution is 0.0707. The third-order valence-electron chi connectivity index (χ3n) is 5.28. The van der Waals surface area contributed by atoms with Gasteiger partial charge in [0, 0.05) is 25.2 Å². The minimum Gasteiger partial charge on any atom is -0.337 e. The Morgan fingerprint density at radius 3 is 2.71 bits per heavy atom. The van der Waals surface area contributed by atoms with Crippen LogP contribution in [-0.4, -0.2) is 73.4 Å². The summed E-state index contributed by atoms with van der Waals surface area (Å²) >= 11 is 0. The minimum atomic E-state index is -1.09. The van der Waals surface area contributed by atoms with Gasteiger partial charge in [-0.1, -0.05) is 11.3 Å². The maximum Gasteiger partial charge on any atom is 0.276 e. The fourth-order valence-corrected chi connectivity index (χ4v) is 3.87. The first-order valence-corrected chi connectivity index (χ1v) is 9.59. The molecule has 8 nitrogen and oxygen atoms in total. The Bertz CT molecular complexity index is 879. The average Bonchev–Trinajstić information content (AvgIpc) is 3.42. The van der Waals surface area contributed by atoms with Gasteiger partial charge >= 0.3 is 0 Å². The topological polar surface area (TPSA) is 84.2 Å². The van der Waals surface area contributed by atoms with Crippen molar-refractivity contribution in [1.29, 1.82) is 0 Å². The third-order valence-corrected chi connectivity index (χ3v) is 5.28. The standard InChI is InChI=1S/C19H23FN6O2/c1-13-5-4-6-16(21-13)19(28)26-10-14(20)9-15(26)11-25-12-17(22-23-25)18(27)24-7-2-3-8-24/h4-6,12,14-15H,2-3,7-11H2,1H3. The average molecular weight is 386 g/mol. The second kappa shape index (κ2) is 7.65. The van der Waals surface area contributed by atoms with E-state index >= 15 is 0 Å². The van der Waals surface area contributed by atoms with Crippen LogP contribution in [-0.2, 0) is 6.54 Å². The molecule has 0 spiro atoms. The Kier molecular flexibility index (Phi) is 5.06. The van der Waals surface area contributed by atoms with Crippen LogP contribution in [0.3, 0.4) is 0 Å². The van der Waals surface area contributed by atoms with Gasteiger partial charge in [-0.3, -0.25) is 9.59 Å². The maximum absolute atomic E-state index is 14.1. The largest absolute Gasteiger partial charge is 0.337 e. The van der Waals surface area contributed by atoms with Gasteiger partial charge in [0.05, 0.1) is 25.3 Å². The van der Waals surface area contributed by atoms with Crippen molar-refractivity contribution in [1.82, 2.24) is 29.8 Å². The number of alkyl halides is 1. The first kappa shape index (κ1) is 18.5. The highest BCUT2D eigenvalue weighted by atomic mass is 19.1. The molecule has 0 saturated carbocycles. The molecule has 4 rings (SSSR count). The summed E-state index contributed by atoms with van der Waals surface area (Å²) in [6.45, 7) is 3.61. The maximum atomic E-state index is 14.1. The first-order chi connectivity index (χ1) is 13.5. The highest BCUT2D eigenvalue weighted by molar-refractivity contribution is 5.93. The fourth-order valence-electron chi connectivity index (χ4n) is 3.87. The van der Waals surface area contributed by atoms with Gasteiger partial charge in [-0.05, 0) is 31.9 Å². The number of aryl methyl sites for hydroxylation is 1. The molecule has 0 bridgehead atoms. The summed E-state index contributed by atoms with van der Waals surface area (Å²) in [5, 5.41) is 7.99. The summed E-state index contributed by atoms with van der Waals surface area (Å²) in [6.07, 6.45) is 2.73. The molecular formula is C19H23FN6O2. The van der Waals surface area contributed by atoms with Crippen molar-refractivity contribution in [2.24, 2.45) is 0 Å². The number of likely N-dealkylation sites (tertiary alicyclic amines) is 2. The summed E-state index contributed by atoms with van der Waals surface area (Å²) in [6, 6.07) is 4.85. The zero-order valence-electron chi connectivity index (χ0n) is 15.8. The normalized spacial score (nSPS) is 22.1. The Labute approximate surface area is 162 Å². The monoisotopic (exact) mass is 386 g/mol. The van der Waals surface area contributed by atoms with Crippen molar-refractivity contribution < 1.29 is 14.0 Å². The highest BCUT2D eigenvalue weighted by Crippen LogP contribution is 2.24. The Morgan fingerprint density at radius 2 is 1.96 bits per heavy atom. The molecule has 2 aliphatic heterocycles. The molecule has 2 unspecified atom stereocenters. The lowest BCUT2D eigenvalue weighted by Crippen LogP contribution is -2.38. The van der Waals surface area contributed by atoms with E-state index in [1.807, 2.05) is 13.0 Å². The summed E-state index contributed by atoms with van der Waals surface area (Å²) < 4.78 is 15.6. The van der Waals surface area contributed by atoms with Crippen LogP contribution in [0.5, 0.6) is 0 Å². The second-order valence-corrected chi connectivity index (χ2v) is 7.43. The number of carbonyl (C=O) groups excluding carboxylic acids is 2. The second-order valence-electron chi connectivity index (χ2n) is 7.43. The number of hydrogen-bond donors (Lipinski definition) is 0. The number of hydrogen-bond acceptors (Lipinski definition) is 5. The molecule has 9 heteroatoms. The molecule has 2 amide bonds. The molecule has 0 aromatic carbocycles. The minimum absolute atomic E-state index is 0.0351. The zero-order valence-corrected chi connectivity index (χ0v) is 15.8. The molecule has 148 valence electrons. The van der Waals surface area contributed by atoms with Crippen LogP contribution in [0.2, 0.25) is 0 Å².